The number of benzene rings is 3. The second kappa shape index (κ2) is 19.1. The lowest BCUT2D eigenvalue weighted by atomic mass is 10.0. The highest BCUT2D eigenvalue weighted by Gasteiger charge is 2.21. The maximum atomic E-state index is 11.6. The summed E-state index contributed by atoms with van der Waals surface area (Å²) < 4.78 is 12.0. The minimum atomic E-state index is -0.229. The number of rotatable bonds is 11. The van der Waals surface area contributed by atoms with Gasteiger partial charge < -0.3 is 14.4 Å². The van der Waals surface area contributed by atoms with Crippen molar-refractivity contribution >= 4 is 5.97 Å². The number of hydrogen-bond donors (Lipinski definition) is 0. The Balaban J connectivity index is 0.00000127. The molecule has 0 aliphatic carbocycles. The maximum Gasteiger partial charge on any atom is 0.303 e. The first-order valence-electron chi connectivity index (χ1n) is 14.6. The second-order valence-electron chi connectivity index (χ2n) is 9.05. The predicted molar refractivity (Wildman–Crippen MR) is 162 cm³/mol. The van der Waals surface area contributed by atoms with Crippen molar-refractivity contribution in [3.8, 4) is 0 Å². The molecular weight excluding hydrogens is 484 g/mol. The van der Waals surface area contributed by atoms with E-state index in [1.807, 2.05) is 70.2 Å². The van der Waals surface area contributed by atoms with Crippen molar-refractivity contribution in [1.29, 1.82) is 0 Å². The molecule has 0 spiro atoms. The van der Waals surface area contributed by atoms with Gasteiger partial charge in [0.2, 0.25) is 0 Å². The van der Waals surface area contributed by atoms with Crippen LogP contribution in [0.5, 0.6) is 0 Å². The van der Waals surface area contributed by atoms with E-state index >= 15 is 0 Å². The van der Waals surface area contributed by atoms with Crippen LogP contribution in [0.1, 0.15) is 69.9 Å². The first-order chi connectivity index (χ1) is 19.2. The molecule has 1 atom stereocenters. The summed E-state index contributed by atoms with van der Waals surface area (Å²) in [5, 5.41) is 0. The maximum absolute atomic E-state index is 11.6. The SMILES string of the molecule is CC.CC.CC(=O)OC(CCN1CCN(CCOC(c2ccccc2)c2ccccc2)CC1)c1ccccc1. The Labute approximate surface area is 236 Å². The highest BCUT2D eigenvalue weighted by molar-refractivity contribution is 5.66. The third-order valence-corrected chi connectivity index (χ3v) is 6.55. The van der Waals surface area contributed by atoms with Crippen molar-refractivity contribution in [3.05, 3.63) is 108 Å². The lowest BCUT2D eigenvalue weighted by Gasteiger charge is -2.35. The van der Waals surface area contributed by atoms with Crippen molar-refractivity contribution in [3.63, 3.8) is 0 Å². The molecule has 0 bridgehead atoms. The van der Waals surface area contributed by atoms with Gasteiger partial charge in [0.1, 0.15) is 12.2 Å². The van der Waals surface area contributed by atoms with E-state index in [-0.39, 0.29) is 18.2 Å². The number of ether oxygens (including phenoxy) is 2. The Bertz CT molecular complexity index is 967. The summed E-state index contributed by atoms with van der Waals surface area (Å²) >= 11 is 0. The van der Waals surface area contributed by atoms with Crippen LogP contribution in [-0.4, -0.2) is 61.6 Å². The summed E-state index contributed by atoms with van der Waals surface area (Å²) in [5.41, 5.74) is 3.43. The smallest absolute Gasteiger partial charge is 0.303 e. The van der Waals surface area contributed by atoms with Crippen LogP contribution in [0.15, 0.2) is 91.0 Å². The van der Waals surface area contributed by atoms with Crippen LogP contribution in [0.25, 0.3) is 0 Å². The van der Waals surface area contributed by atoms with Gasteiger partial charge in [0.15, 0.2) is 0 Å². The van der Waals surface area contributed by atoms with Gasteiger partial charge in [-0.15, -0.1) is 0 Å². The summed E-state index contributed by atoms with van der Waals surface area (Å²) in [6.07, 6.45) is 0.575. The van der Waals surface area contributed by atoms with Gasteiger partial charge in [0.25, 0.3) is 0 Å². The quantitative estimate of drug-likeness (QED) is 0.245. The average molecular weight is 533 g/mol. The number of piperazine rings is 1. The molecule has 0 saturated carbocycles. The minimum Gasteiger partial charge on any atom is -0.458 e. The van der Waals surface area contributed by atoms with Gasteiger partial charge >= 0.3 is 5.97 Å². The third kappa shape index (κ3) is 11.3. The fraction of sp³-hybridized carbons (Fsp3) is 0.441. The van der Waals surface area contributed by atoms with Crippen molar-refractivity contribution in [2.24, 2.45) is 0 Å². The molecule has 0 N–H and O–H groups in total. The Morgan fingerprint density at radius 3 is 1.51 bits per heavy atom. The zero-order valence-electron chi connectivity index (χ0n) is 24.6. The van der Waals surface area contributed by atoms with E-state index in [4.69, 9.17) is 9.47 Å². The molecule has 1 heterocycles. The minimum absolute atomic E-state index is 0.0464. The average Bonchev–Trinajstić information content (AvgIpc) is 3.01. The summed E-state index contributed by atoms with van der Waals surface area (Å²) in [7, 11) is 0. The molecule has 0 radical (unpaired) electrons. The van der Waals surface area contributed by atoms with Crippen molar-refractivity contribution in [2.45, 2.75) is 53.2 Å². The first-order valence-corrected chi connectivity index (χ1v) is 14.6. The molecular formula is C34H48N2O3. The van der Waals surface area contributed by atoms with E-state index < -0.39 is 0 Å². The number of carbonyl (C=O) groups excluding carboxylic acids is 1. The van der Waals surface area contributed by atoms with Crippen molar-refractivity contribution < 1.29 is 14.3 Å². The largest absolute Gasteiger partial charge is 0.458 e. The molecule has 1 aliphatic heterocycles. The van der Waals surface area contributed by atoms with E-state index in [0.29, 0.717) is 6.61 Å². The fourth-order valence-corrected chi connectivity index (χ4v) is 4.64. The number of carbonyl (C=O) groups is 1. The standard InChI is InChI=1S/C30H36N2O3.2C2H6/c1-25(33)35-29(26-11-5-2-6-12-26)17-18-31-19-21-32(22-20-31)23-24-34-30(27-13-7-3-8-14-27)28-15-9-4-10-16-28;2*1-2/h2-16,29-30H,17-24H2,1H3;2*1-2H3. The molecule has 212 valence electrons. The van der Waals surface area contributed by atoms with Crippen LogP contribution in [0.4, 0.5) is 0 Å². The highest BCUT2D eigenvalue weighted by Crippen LogP contribution is 2.26. The molecule has 5 nitrogen and oxygen atoms in total. The van der Waals surface area contributed by atoms with Crippen LogP contribution in [0, 0.1) is 0 Å². The van der Waals surface area contributed by atoms with Crippen LogP contribution in [0.3, 0.4) is 0 Å². The van der Waals surface area contributed by atoms with Crippen molar-refractivity contribution in [1.82, 2.24) is 9.80 Å². The Morgan fingerprint density at radius 2 is 1.08 bits per heavy atom. The number of esters is 1. The van der Waals surface area contributed by atoms with Gasteiger partial charge in [-0.2, -0.15) is 0 Å². The van der Waals surface area contributed by atoms with Crippen LogP contribution in [0.2, 0.25) is 0 Å². The zero-order valence-corrected chi connectivity index (χ0v) is 24.6. The normalized spacial score (nSPS) is 14.4. The Hall–Kier alpha value is -2.99. The van der Waals surface area contributed by atoms with Gasteiger partial charge in [0.05, 0.1) is 6.61 Å². The molecule has 1 aliphatic rings. The van der Waals surface area contributed by atoms with Gasteiger partial charge in [-0.1, -0.05) is 119 Å². The molecule has 1 unspecified atom stereocenters. The van der Waals surface area contributed by atoms with E-state index in [1.54, 1.807) is 0 Å². The molecule has 3 aromatic rings. The summed E-state index contributed by atoms with van der Waals surface area (Å²) in [6.45, 7) is 16.1. The molecule has 0 aromatic heterocycles. The summed E-state index contributed by atoms with van der Waals surface area (Å²) in [5.74, 6) is -0.229. The van der Waals surface area contributed by atoms with E-state index in [0.717, 1.165) is 51.3 Å². The fourth-order valence-electron chi connectivity index (χ4n) is 4.64. The van der Waals surface area contributed by atoms with Crippen LogP contribution >= 0.6 is 0 Å². The zero-order chi connectivity index (χ0) is 28.3. The molecule has 1 saturated heterocycles. The first kappa shape index (κ1) is 32.2. The van der Waals surface area contributed by atoms with Gasteiger partial charge in [0, 0.05) is 52.6 Å². The number of nitrogens with zero attached hydrogens (tertiary/aromatic N) is 2. The topological polar surface area (TPSA) is 42.0 Å². The third-order valence-electron chi connectivity index (χ3n) is 6.55. The van der Waals surface area contributed by atoms with E-state index in [2.05, 4.69) is 58.3 Å². The van der Waals surface area contributed by atoms with Crippen LogP contribution < -0.4 is 0 Å². The Kier molecular flexibility index (Phi) is 15.8. The van der Waals surface area contributed by atoms with Gasteiger partial charge in [-0.3, -0.25) is 9.69 Å². The van der Waals surface area contributed by atoms with E-state index in [9.17, 15) is 4.79 Å². The van der Waals surface area contributed by atoms with Gasteiger partial charge in [-0.25, -0.2) is 0 Å². The lowest BCUT2D eigenvalue weighted by Crippen LogP contribution is -2.47. The summed E-state index contributed by atoms with van der Waals surface area (Å²) in [4.78, 5) is 16.5. The van der Waals surface area contributed by atoms with Crippen molar-refractivity contribution in [2.75, 3.05) is 45.9 Å². The molecule has 4 rings (SSSR count). The van der Waals surface area contributed by atoms with Gasteiger partial charge in [-0.05, 0) is 16.7 Å². The lowest BCUT2D eigenvalue weighted by molar-refractivity contribution is -0.147. The molecule has 3 aromatic carbocycles. The monoisotopic (exact) mass is 532 g/mol. The molecule has 5 heteroatoms. The Morgan fingerprint density at radius 1 is 0.667 bits per heavy atom. The highest BCUT2D eigenvalue weighted by atomic mass is 16.5. The second-order valence-corrected chi connectivity index (χ2v) is 9.05. The van der Waals surface area contributed by atoms with E-state index in [1.165, 1.54) is 18.1 Å². The number of hydrogen-bond acceptors (Lipinski definition) is 5. The molecule has 1 fully saturated rings. The van der Waals surface area contributed by atoms with Crippen LogP contribution in [-0.2, 0) is 14.3 Å². The molecule has 39 heavy (non-hydrogen) atoms. The summed E-state index contributed by atoms with van der Waals surface area (Å²) in [6, 6.07) is 30.9. The predicted octanol–water partition coefficient (Wildman–Crippen LogP) is 7.16. The molecule has 0 amide bonds.